The van der Waals surface area contributed by atoms with Crippen molar-refractivity contribution in [3.63, 3.8) is 0 Å². The normalized spacial score (nSPS) is 18.3. The van der Waals surface area contributed by atoms with E-state index < -0.39 is 10.0 Å². The fraction of sp³-hybridized carbons (Fsp3) is 0.474. The summed E-state index contributed by atoms with van der Waals surface area (Å²) in [4.78, 5) is 5.93. The zero-order valence-corrected chi connectivity index (χ0v) is 17.6. The lowest BCUT2D eigenvalue weighted by Gasteiger charge is -2.42. The molecule has 0 bridgehead atoms. The van der Waals surface area contributed by atoms with Crippen LogP contribution in [0.2, 0.25) is 0 Å². The molecular weight excluding hydrogens is 382 g/mol. The zero-order chi connectivity index (χ0) is 19.4. The van der Waals surface area contributed by atoms with Crippen molar-refractivity contribution in [2.24, 2.45) is 0 Å². The summed E-state index contributed by atoms with van der Waals surface area (Å²) in [7, 11) is -1.58. The van der Waals surface area contributed by atoms with Gasteiger partial charge >= 0.3 is 0 Å². The van der Waals surface area contributed by atoms with Crippen LogP contribution in [0.4, 0.5) is 5.69 Å². The molecule has 8 heteroatoms. The Labute approximate surface area is 165 Å². The van der Waals surface area contributed by atoms with Crippen molar-refractivity contribution in [3.8, 4) is 5.75 Å². The van der Waals surface area contributed by atoms with E-state index in [1.54, 1.807) is 18.4 Å². The lowest BCUT2D eigenvalue weighted by Crippen LogP contribution is -2.52. The molecule has 148 valence electrons. The van der Waals surface area contributed by atoms with Crippen LogP contribution in [-0.2, 0) is 10.0 Å². The second-order valence-corrected chi connectivity index (χ2v) is 9.62. The van der Waals surface area contributed by atoms with Crippen molar-refractivity contribution in [1.82, 2.24) is 9.62 Å². The second-order valence-electron chi connectivity index (χ2n) is 6.86. The van der Waals surface area contributed by atoms with Crippen molar-refractivity contribution in [1.29, 1.82) is 0 Å². The minimum atomic E-state index is -3.25. The molecule has 1 fully saturated rings. The highest BCUT2D eigenvalue weighted by molar-refractivity contribution is 7.88. The van der Waals surface area contributed by atoms with E-state index in [4.69, 9.17) is 4.74 Å². The van der Waals surface area contributed by atoms with Crippen molar-refractivity contribution in [3.05, 3.63) is 46.7 Å². The number of piperazine rings is 1. The standard InChI is InChI=1S/C19H27N3O3S2/c1-15(20-27(3,23)24)19(18-5-4-14-26-18)22-12-10-21(11-13-22)16-6-8-17(25-2)9-7-16/h4-9,14-15,19-20H,10-13H2,1-3H3/t15-,19-/m1/s1. The first kappa shape index (κ1) is 20.1. The van der Waals surface area contributed by atoms with Gasteiger partial charge in [0.2, 0.25) is 10.0 Å². The van der Waals surface area contributed by atoms with Gasteiger partial charge in [-0.2, -0.15) is 0 Å². The Morgan fingerprint density at radius 2 is 1.78 bits per heavy atom. The van der Waals surface area contributed by atoms with Crippen LogP contribution in [0.1, 0.15) is 17.8 Å². The van der Waals surface area contributed by atoms with Crippen molar-refractivity contribution in [2.75, 3.05) is 44.4 Å². The van der Waals surface area contributed by atoms with Gasteiger partial charge in [0, 0.05) is 42.8 Å². The van der Waals surface area contributed by atoms with E-state index in [1.165, 1.54) is 16.8 Å². The molecule has 0 amide bonds. The summed E-state index contributed by atoms with van der Waals surface area (Å²) in [6.45, 7) is 5.51. The predicted molar refractivity (Wildman–Crippen MR) is 111 cm³/mol. The summed E-state index contributed by atoms with van der Waals surface area (Å²) < 4.78 is 31.5. The number of thiophene rings is 1. The summed E-state index contributed by atoms with van der Waals surface area (Å²) in [5.41, 5.74) is 1.19. The number of methoxy groups -OCH3 is 1. The van der Waals surface area contributed by atoms with Crippen LogP contribution in [0.5, 0.6) is 5.75 Å². The van der Waals surface area contributed by atoms with Gasteiger partial charge in [-0.3, -0.25) is 4.90 Å². The molecular formula is C19H27N3O3S2. The largest absolute Gasteiger partial charge is 0.497 e. The van der Waals surface area contributed by atoms with Gasteiger partial charge in [-0.15, -0.1) is 11.3 Å². The molecule has 27 heavy (non-hydrogen) atoms. The van der Waals surface area contributed by atoms with Crippen LogP contribution < -0.4 is 14.4 Å². The maximum Gasteiger partial charge on any atom is 0.209 e. The van der Waals surface area contributed by atoms with Gasteiger partial charge in [0.15, 0.2) is 0 Å². The van der Waals surface area contributed by atoms with E-state index in [0.717, 1.165) is 31.9 Å². The van der Waals surface area contributed by atoms with Gasteiger partial charge in [0.25, 0.3) is 0 Å². The number of ether oxygens (including phenoxy) is 1. The third kappa shape index (κ3) is 5.22. The van der Waals surface area contributed by atoms with Crippen LogP contribution >= 0.6 is 11.3 Å². The third-order valence-electron chi connectivity index (χ3n) is 4.85. The molecule has 0 saturated carbocycles. The minimum Gasteiger partial charge on any atom is -0.497 e. The third-order valence-corrected chi connectivity index (χ3v) is 6.60. The second kappa shape index (κ2) is 8.60. The summed E-state index contributed by atoms with van der Waals surface area (Å²) in [6, 6.07) is 12.1. The van der Waals surface area contributed by atoms with Crippen molar-refractivity contribution < 1.29 is 13.2 Å². The summed E-state index contributed by atoms with van der Waals surface area (Å²) in [5, 5.41) is 2.04. The average molecular weight is 410 g/mol. The number of anilines is 1. The Hall–Kier alpha value is -1.61. The van der Waals surface area contributed by atoms with Crippen molar-refractivity contribution in [2.45, 2.75) is 19.0 Å². The monoisotopic (exact) mass is 409 g/mol. The Bertz CT molecular complexity index is 814. The summed E-state index contributed by atoms with van der Waals surface area (Å²) in [6.07, 6.45) is 1.22. The van der Waals surface area contributed by atoms with E-state index in [-0.39, 0.29) is 12.1 Å². The van der Waals surface area contributed by atoms with Gasteiger partial charge in [-0.25, -0.2) is 13.1 Å². The van der Waals surface area contributed by atoms with Crippen LogP contribution in [-0.4, -0.2) is 58.9 Å². The predicted octanol–water partition coefficient (Wildman–Crippen LogP) is 2.56. The number of hydrogen-bond donors (Lipinski definition) is 1. The molecule has 1 aromatic heterocycles. The number of hydrogen-bond acceptors (Lipinski definition) is 6. The fourth-order valence-electron chi connectivity index (χ4n) is 3.66. The SMILES string of the molecule is COc1ccc(N2CCN([C@@H](c3cccs3)[C@@H](C)NS(C)(=O)=O)CC2)cc1. The quantitative estimate of drug-likeness (QED) is 0.762. The Morgan fingerprint density at radius 1 is 1.11 bits per heavy atom. The highest BCUT2D eigenvalue weighted by Crippen LogP contribution is 2.30. The maximum absolute atomic E-state index is 11.7. The number of benzene rings is 1. The first-order chi connectivity index (χ1) is 12.9. The van der Waals surface area contributed by atoms with Crippen LogP contribution in [0, 0.1) is 0 Å². The molecule has 1 aliphatic rings. The van der Waals surface area contributed by atoms with Gasteiger partial charge < -0.3 is 9.64 Å². The van der Waals surface area contributed by atoms with Gasteiger partial charge in [-0.05, 0) is 42.6 Å². The van der Waals surface area contributed by atoms with E-state index in [0.29, 0.717) is 0 Å². The Morgan fingerprint density at radius 3 is 2.30 bits per heavy atom. The molecule has 2 heterocycles. The Kier molecular flexibility index (Phi) is 6.41. The fourth-order valence-corrected chi connectivity index (χ4v) is 5.42. The lowest BCUT2D eigenvalue weighted by atomic mass is 10.1. The van der Waals surface area contributed by atoms with E-state index in [9.17, 15) is 8.42 Å². The molecule has 2 atom stereocenters. The Balaban J connectivity index is 1.70. The number of rotatable bonds is 7. The molecule has 0 aliphatic carbocycles. The molecule has 1 saturated heterocycles. The smallest absolute Gasteiger partial charge is 0.209 e. The number of nitrogens with zero attached hydrogens (tertiary/aromatic N) is 2. The average Bonchev–Trinajstić information content (AvgIpc) is 3.15. The molecule has 1 aliphatic heterocycles. The van der Waals surface area contributed by atoms with Crippen LogP contribution in [0.25, 0.3) is 0 Å². The summed E-state index contributed by atoms with van der Waals surface area (Å²) >= 11 is 1.68. The van der Waals surface area contributed by atoms with E-state index >= 15 is 0 Å². The number of sulfonamides is 1. The highest BCUT2D eigenvalue weighted by Gasteiger charge is 2.31. The minimum absolute atomic E-state index is 0.0396. The first-order valence-electron chi connectivity index (χ1n) is 9.01. The van der Waals surface area contributed by atoms with Crippen molar-refractivity contribution >= 4 is 27.0 Å². The maximum atomic E-state index is 11.7. The summed E-state index contributed by atoms with van der Waals surface area (Å²) in [5.74, 6) is 0.857. The van der Waals surface area contributed by atoms with Crippen LogP contribution in [0.3, 0.4) is 0 Å². The highest BCUT2D eigenvalue weighted by atomic mass is 32.2. The van der Waals surface area contributed by atoms with Gasteiger partial charge in [0.1, 0.15) is 5.75 Å². The van der Waals surface area contributed by atoms with E-state index in [1.807, 2.05) is 30.5 Å². The molecule has 0 unspecified atom stereocenters. The van der Waals surface area contributed by atoms with Gasteiger partial charge in [-0.1, -0.05) is 6.07 Å². The molecule has 0 spiro atoms. The molecule has 1 aromatic carbocycles. The molecule has 1 N–H and O–H groups in total. The topological polar surface area (TPSA) is 61.9 Å². The zero-order valence-electron chi connectivity index (χ0n) is 16.0. The molecule has 6 nitrogen and oxygen atoms in total. The lowest BCUT2D eigenvalue weighted by molar-refractivity contribution is 0.164. The molecule has 2 aromatic rings. The van der Waals surface area contributed by atoms with E-state index in [2.05, 4.69) is 32.7 Å². The number of nitrogens with one attached hydrogen (secondary N) is 1. The molecule has 3 rings (SSSR count). The molecule has 0 radical (unpaired) electrons. The first-order valence-corrected chi connectivity index (χ1v) is 11.8. The van der Waals surface area contributed by atoms with Gasteiger partial charge in [0.05, 0.1) is 19.4 Å². The van der Waals surface area contributed by atoms with Crippen LogP contribution in [0.15, 0.2) is 41.8 Å².